The third-order valence-electron chi connectivity index (χ3n) is 3.07. The van der Waals surface area contributed by atoms with Gasteiger partial charge in [-0.1, -0.05) is 12.1 Å². The van der Waals surface area contributed by atoms with Crippen LogP contribution in [0.1, 0.15) is 18.4 Å². The fourth-order valence-corrected chi connectivity index (χ4v) is 2.16. The van der Waals surface area contributed by atoms with Crippen molar-refractivity contribution in [2.75, 3.05) is 30.4 Å². The molecule has 1 amide bonds. The van der Waals surface area contributed by atoms with Crippen molar-refractivity contribution in [1.82, 2.24) is 0 Å². The van der Waals surface area contributed by atoms with Gasteiger partial charge in [-0.2, -0.15) is 0 Å². The molecule has 6 heteroatoms. The van der Waals surface area contributed by atoms with E-state index < -0.39 is 13.0 Å². The van der Waals surface area contributed by atoms with E-state index in [2.05, 4.69) is 15.4 Å². The van der Waals surface area contributed by atoms with Crippen LogP contribution in [0.3, 0.4) is 0 Å². The lowest BCUT2D eigenvalue weighted by molar-refractivity contribution is -0.117. The molecule has 1 aromatic rings. The summed E-state index contributed by atoms with van der Waals surface area (Å²) in [4.78, 5) is 11.7. The molecule has 0 saturated heterocycles. The Kier molecular flexibility index (Phi) is 5.29. The SMILES string of the molecule is O=C(CCOCC(F)F)Nc1cccc2c1NCCC2. The highest BCUT2D eigenvalue weighted by molar-refractivity contribution is 5.95. The molecule has 1 aromatic carbocycles. The number of halogens is 2. The number of aryl methyl sites for hydroxylation is 1. The van der Waals surface area contributed by atoms with Crippen LogP contribution in [-0.2, 0) is 16.0 Å². The zero-order valence-electron chi connectivity index (χ0n) is 11.1. The molecule has 0 spiro atoms. The maximum absolute atomic E-state index is 11.9. The van der Waals surface area contributed by atoms with Crippen molar-refractivity contribution in [2.45, 2.75) is 25.7 Å². The molecule has 110 valence electrons. The Balaban J connectivity index is 1.85. The number of carbonyl (C=O) groups is 1. The molecule has 0 fully saturated rings. The second-order valence-electron chi connectivity index (χ2n) is 4.63. The van der Waals surface area contributed by atoms with E-state index >= 15 is 0 Å². The van der Waals surface area contributed by atoms with Crippen molar-refractivity contribution in [1.29, 1.82) is 0 Å². The minimum atomic E-state index is -2.50. The van der Waals surface area contributed by atoms with Crippen molar-refractivity contribution in [3.8, 4) is 0 Å². The van der Waals surface area contributed by atoms with Crippen molar-refractivity contribution < 1.29 is 18.3 Å². The molecular formula is C14H18F2N2O2. The van der Waals surface area contributed by atoms with Gasteiger partial charge in [-0.05, 0) is 24.5 Å². The van der Waals surface area contributed by atoms with Gasteiger partial charge < -0.3 is 15.4 Å². The summed E-state index contributed by atoms with van der Waals surface area (Å²) in [5.74, 6) is -0.236. The number of carbonyl (C=O) groups excluding carboxylic acids is 1. The number of nitrogens with one attached hydrogen (secondary N) is 2. The van der Waals surface area contributed by atoms with E-state index in [0.717, 1.165) is 30.8 Å². The third kappa shape index (κ3) is 4.16. The molecule has 4 nitrogen and oxygen atoms in total. The highest BCUT2D eigenvalue weighted by Crippen LogP contribution is 2.30. The van der Waals surface area contributed by atoms with Crippen LogP contribution in [0, 0.1) is 0 Å². The van der Waals surface area contributed by atoms with Crippen molar-refractivity contribution in [2.24, 2.45) is 0 Å². The van der Waals surface area contributed by atoms with Gasteiger partial charge in [0.05, 0.1) is 24.4 Å². The van der Waals surface area contributed by atoms with Gasteiger partial charge in [0, 0.05) is 6.54 Å². The number of ether oxygens (including phenoxy) is 1. The first-order valence-electron chi connectivity index (χ1n) is 6.68. The standard InChI is InChI=1S/C14H18F2N2O2/c15-12(16)9-20-8-6-13(19)18-11-5-1-3-10-4-2-7-17-14(10)11/h1,3,5,12,17H,2,4,6-9H2,(H,18,19). The molecule has 2 rings (SSSR count). The van der Waals surface area contributed by atoms with Crippen LogP contribution in [0.25, 0.3) is 0 Å². The van der Waals surface area contributed by atoms with Gasteiger partial charge >= 0.3 is 0 Å². The average molecular weight is 284 g/mol. The van der Waals surface area contributed by atoms with E-state index in [4.69, 9.17) is 0 Å². The fourth-order valence-electron chi connectivity index (χ4n) is 2.16. The molecule has 2 N–H and O–H groups in total. The number of alkyl halides is 2. The lowest BCUT2D eigenvalue weighted by Gasteiger charge is -2.21. The number of hydrogen-bond acceptors (Lipinski definition) is 3. The van der Waals surface area contributed by atoms with E-state index in [1.165, 1.54) is 5.56 Å². The predicted molar refractivity (Wildman–Crippen MR) is 73.3 cm³/mol. The summed E-state index contributed by atoms with van der Waals surface area (Å²) in [6.07, 6.45) is -0.366. The van der Waals surface area contributed by atoms with Crippen LogP contribution < -0.4 is 10.6 Å². The summed E-state index contributed by atoms with van der Waals surface area (Å²) in [5.41, 5.74) is 2.88. The molecule has 0 atom stereocenters. The van der Waals surface area contributed by atoms with E-state index in [1.54, 1.807) is 0 Å². The zero-order chi connectivity index (χ0) is 14.4. The van der Waals surface area contributed by atoms with Crippen LogP contribution in [-0.4, -0.2) is 32.1 Å². The van der Waals surface area contributed by atoms with E-state index in [0.29, 0.717) is 0 Å². The summed E-state index contributed by atoms with van der Waals surface area (Å²) < 4.78 is 28.4. The summed E-state index contributed by atoms with van der Waals surface area (Å²) in [5, 5.41) is 6.06. The molecule has 0 bridgehead atoms. The molecule has 0 aliphatic carbocycles. The van der Waals surface area contributed by atoms with Crippen LogP contribution >= 0.6 is 0 Å². The van der Waals surface area contributed by atoms with Crippen LogP contribution in [0.5, 0.6) is 0 Å². The molecular weight excluding hydrogens is 266 g/mol. The summed E-state index contributed by atoms with van der Waals surface area (Å²) in [6, 6.07) is 5.76. The Morgan fingerprint density at radius 3 is 3.10 bits per heavy atom. The van der Waals surface area contributed by atoms with Gasteiger partial charge in [-0.15, -0.1) is 0 Å². The third-order valence-corrected chi connectivity index (χ3v) is 3.07. The fraction of sp³-hybridized carbons (Fsp3) is 0.500. The Morgan fingerprint density at radius 1 is 1.45 bits per heavy atom. The molecule has 0 aromatic heterocycles. The molecule has 0 saturated carbocycles. The van der Waals surface area contributed by atoms with Gasteiger partial charge in [-0.3, -0.25) is 4.79 Å². The van der Waals surface area contributed by atoms with E-state index in [-0.39, 0.29) is 18.9 Å². The quantitative estimate of drug-likeness (QED) is 0.790. The molecule has 1 heterocycles. The Labute approximate surface area is 116 Å². The average Bonchev–Trinajstić information content (AvgIpc) is 2.44. The summed E-state index contributed by atoms with van der Waals surface area (Å²) in [7, 11) is 0. The first-order valence-corrected chi connectivity index (χ1v) is 6.68. The smallest absolute Gasteiger partial charge is 0.261 e. The van der Waals surface area contributed by atoms with Crippen LogP contribution in [0.2, 0.25) is 0 Å². The van der Waals surface area contributed by atoms with Crippen LogP contribution in [0.4, 0.5) is 20.2 Å². The lowest BCUT2D eigenvalue weighted by Crippen LogP contribution is -2.19. The molecule has 0 unspecified atom stereocenters. The largest absolute Gasteiger partial charge is 0.383 e. The zero-order valence-corrected chi connectivity index (χ0v) is 11.1. The second-order valence-corrected chi connectivity index (χ2v) is 4.63. The number of anilines is 2. The van der Waals surface area contributed by atoms with Gasteiger partial charge in [-0.25, -0.2) is 8.78 Å². The van der Waals surface area contributed by atoms with E-state index in [1.807, 2.05) is 18.2 Å². The number of amides is 1. The van der Waals surface area contributed by atoms with Gasteiger partial charge in [0.25, 0.3) is 6.43 Å². The Hall–Kier alpha value is -1.69. The number of hydrogen-bond donors (Lipinski definition) is 2. The van der Waals surface area contributed by atoms with Crippen molar-refractivity contribution >= 4 is 17.3 Å². The van der Waals surface area contributed by atoms with Crippen LogP contribution in [0.15, 0.2) is 18.2 Å². The lowest BCUT2D eigenvalue weighted by atomic mass is 10.0. The Morgan fingerprint density at radius 2 is 2.30 bits per heavy atom. The molecule has 1 aliphatic heterocycles. The minimum Gasteiger partial charge on any atom is -0.383 e. The maximum atomic E-state index is 11.9. The van der Waals surface area contributed by atoms with Crippen molar-refractivity contribution in [3.05, 3.63) is 23.8 Å². The normalized spacial score (nSPS) is 13.8. The Bertz CT molecular complexity index is 466. The molecule has 0 radical (unpaired) electrons. The summed E-state index contributed by atoms with van der Waals surface area (Å²) >= 11 is 0. The monoisotopic (exact) mass is 284 g/mol. The topological polar surface area (TPSA) is 50.4 Å². The molecule has 1 aliphatic rings. The van der Waals surface area contributed by atoms with E-state index in [9.17, 15) is 13.6 Å². The molecule has 20 heavy (non-hydrogen) atoms. The highest BCUT2D eigenvalue weighted by Gasteiger charge is 2.14. The van der Waals surface area contributed by atoms with Crippen molar-refractivity contribution in [3.63, 3.8) is 0 Å². The minimum absolute atomic E-state index is 0.00136. The highest BCUT2D eigenvalue weighted by atomic mass is 19.3. The predicted octanol–water partition coefficient (Wildman–Crippen LogP) is 2.66. The van der Waals surface area contributed by atoms with Gasteiger partial charge in [0.15, 0.2) is 0 Å². The van der Waals surface area contributed by atoms with Gasteiger partial charge in [0.2, 0.25) is 5.91 Å². The first kappa shape index (κ1) is 14.7. The number of benzene rings is 1. The number of para-hydroxylation sites is 1. The number of fused-ring (bicyclic) bond motifs is 1. The number of rotatable bonds is 6. The summed E-state index contributed by atoms with van der Waals surface area (Å²) in [6.45, 7) is 0.256. The maximum Gasteiger partial charge on any atom is 0.261 e. The van der Waals surface area contributed by atoms with Gasteiger partial charge in [0.1, 0.15) is 6.61 Å². The first-order chi connectivity index (χ1) is 9.66. The second kappa shape index (κ2) is 7.19.